The number of carbonyl (C=O) groups excluding carboxylic acids is 1. The smallest absolute Gasteiger partial charge is 0.333 e. The van der Waals surface area contributed by atoms with Gasteiger partial charge in [0.25, 0.3) is 12.3 Å². The highest BCUT2D eigenvalue weighted by Gasteiger charge is 2.27. The number of hydrogen-bond acceptors (Lipinski definition) is 4. The summed E-state index contributed by atoms with van der Waals surface area (Å²) in [6.07, 6.45) is 1.12. The predicted octanol–water partition coefficient (Wildman–Crippen LogP) is 5.26. The molecule has 4 aromatic rings. The number of hydrogen-bond donors (Lipinski definition) is 2. The first-order valence-corrected chi connectivity index (χ1v) is 12.9. The summed E-state index contributed by atoms with van der Waals surface area (Å²) in [6, 6.07) is 16.0. The largest absolute Gasteiger partial charge is 0.392 e. The van der Waals surface area contributed by atoms with Crippen LogP contribution in [-0.4, -0.2) is 31.2 Å². The van der Waals surface area contributed by atoms with Gasteiger partial charge < -0.3 is 10.4 Å². The maximum atomic E-state index is 13.5. The number of para-hydroxylation sites is 2. The van der Waals surface area contributed by atoms with Gasteiger partial charge in [0.15, 0.2) is 0 Å². The molecule has 5 rings (SSSR count). The van der Waals surface area contributed by atoms with Crippen molar-refractivity contribution < 1.29 is 18.7 Å². The Morgan fingerprint density at radius 3 is 2.42 bits per heavy atom. The lowest BCUT2D eigenvalue weighted by Gasteiger charge is -2.29. The van der Waals surface area contributed by atoms with Crippen LogP contribution in [0.1, 0.15) is 53.7 Å². The van der Waals surface area contributed by atoms with Crippen LogP contribution in [-0.2, 0) is 13.2 Å². The Hall–Kier alpha value is -3.56. The van der Waals surface area contributed by atoms with Gasteiger partial charge in [-0.2, -0.15) is 0 Å². The molecule has 2 N–H and O–H groups in total. The van der Waals surface area contributed by atoms with Crippen LogP contribution in [0.4, 0.5) is 8.78 Å². The van der Waals surface area contributed by atoms with Gasteiger partial charge in [0, 0.05) is 18.8 Å². The van der Waals surface area contributed by atoms with Gasteiger partial charge in [-0.05, 0) is 67.5 Å². The van der Waals surface area contributed by atoms with Crippen molar-refractivity contribution in [1.82, 2.24) is 19.4 Å². The minimum absolute atomic E-state index is 0.0660. The average molecular weight is 541 g/mol. The molecule has 1 saturated carbocycles. The normalized spacial score (nSPS) is 17.7. The van der Waals surface area contributed by atoms with E-state index in [2.05, 4.69) is 10.3 Å². The molecule has 2 heterocycles. The maximum Gasteiger partial charge on any atom is 0.333 e. The van der Waals surface area contributed by atoms with Crippen LogP contribution in [0.15, 0.2) is 65.6 Å². The lowest BCUT2D eigenvalue weighted by molar-refractivity contribution is 0.0904. The van der Waals surface area contributed by atoms with Gasteiger partial charge in [0.05, 0.1) is 33.9 Å². The molecule has 0 bridgehead atoms. The first kappa shape index (κ1) is 26.1. The molecule has 0 saturated heterocycles. The van der Waals surface area contributed by atoms with Gasteiger partial charge in [0.2, 0.25) is 0 Å². The number of amides is 1. The number of aromatic nitrogens is 3. The molecule has 2 aromatic carbocycles. The van der Waals surface area contributed by atoms with Crippen molar-refractivity contribution in [3.05, 3.63) is 93.1 Å². The van der Waals surface area contributed by atoms with Crippen LogP contribution in [0, 0.1) is 5.92 Å². The second-order valence-electron chi connectivity index (χ2n) is 9.62. The van der Waals surface area contributed by atoms with Crippen molar-refractivity contribution in [3.63, 3.8) is 0 Å². The van der Waals surface area contributed by atoms with Crippen molar-refractivity contribution in [2.45, 2.75) is 51.3 Å². The van der Waals surface area contributed by atoms with E-state index in [4.69, 9.17) is 11.6 Å². The Kier molecular flexibility index (Phi) is 7.58. The molecule has 1 amide bonds. The number of carbonyl (C=O) groups is 1. The van der Waals surface area contributed by atoms with Crippen LogP contribution in [0.5, 0.6) is 0 Å². The van der Waals surface area contributed by atoms with Gasteiger partial charge in [-0.25, -0.2) is 13.6 Å². The Labute approximate surface area is 222 Å². The predicted molar refractivity (Wildman–Crippen MR) is 141 cm³/mol. The molecule has 0 spiro atoms. The Balaban J connectivity index is 1.30. The number of aliphatic hydroxyl groups is 1. The van der Waals surface area contributed by atoms with Gasteiger partial charge in [-0.1, -0.05) is 35.9 Å². The lowest BCUT2D eigenvalue weighted by Crippen LogP contribution is -2.39. The number of aliphatic hydroxyl groups excluding tert-OH is 1. The highest BCUT2D eigenvalue weighted by atomic mass is 35.5. The fraction of sp³-hybridized carbons (Fsp3) is 0.321. The number of rotatable bonds is 7. The van der Waals surface area contributed by atoms with E-state index in [1.54, 1.807) is 21.3 Å². The number of nitrogens with zero attached hydrogens (tertiary/aromatic N) is 3. The highest BCUT2D eigenvalue weighted by Crippen LogP contribution is 2.29. The molecular weight excluding hydrogens is 514 g/mol. The molecule has 1 aliphatic carbocycles. The minimum atomic E-state index is -2.88. The van der Waals surface area contributed by atoms with Crippen LogP contribution in [0.25, 0.3) is 16.7 Å². The van der Waals surface area contributed by atoms with Crippen molar-refractivity contribution in [3.8, 4) is 5.69 Å². The molecule has 1 aliphatic rings. The van der Waals surface area contributed by atoms with Crippen LogP contribution >= 0.6 is 11.6 Å². The fourth-order valence-electron chi connectivity index (χ4n) is 5.20. The lowest BCUT2D eigenvalue weighted by atomic mass is 9.85. The summed E-state index contributed by atoms with van der Waals surface area (Å²) in [6.45, 7) is 0.471. The summed E-state index contributed by atoms with van der Waals surface area (Å²) >= 11 is 5.89. The van der Waals surface area contributed by atoms with Crippen molar-refractivity contribution in [2.24, 2.45) is 5.92 Å². The molecule has 0 atom stereocenters. The number of nitrogens with one attached hydrogen (secondary N) is 1. The number of alkyl halides is 2. The molecule has 198 valence electrons. The van der Waals surface area contributed by atoms with E-state index in [0.717, 1.165) is 41.3 Å². The third kappa shape index (κ3) is 5.21. The summed E-state index contributed by atoms with van der Waals surface area (Å²) in [4.78, 5) is 29.9. The third-order valence-corrected chi connectivity index (χ3v) is 7.38. The Bertz CT molecular complexity index is 1510. The van der Waals surface area contributed by atoms with Gasteiger partial charge in [0.1, 0.15) is 5.69 Å². The van der Waals surface area contributed by atoms with Gasteiger partial charge in [-0.15, -0.1) is 0 Å². The zero-order valence-corrected chi connectivity index (χ0v) is 21.2. The van der Waals surface area contributed by atoms with Crippen molar-refractivity contribution >= 4 is 28.5 Å². The number of halogens is 3. The zero-order valence-electron chi connectivity index (χ0n) is 20.5. The summed E-state index contributed by atoms with van der Waals surface area (Å²) in [7, 11) is 0. The standard InChI is InChI=1S/C28H27ClF2N4O3/c29-19-13-22(25(26(30)31)32-14-19)27(37)33-20-9-5-17(6-10-20)15-34-23-3-1-2-4-24(23)35(28(34)38)21-11-7-18(16-36)8-12-21/h1-4,7-8,11-14,17,20,26,36H,5-6,9-10,15-16H2,(H,33,37)/t17-,20-. The second kappa shape index (κ2) is 11.0. The van der Waals surface area contributed by atoms with E-state index in [9.17, 15) is 23.5 Å². The molecule has 7 nitrogen and oxygen atoms in total. The average Bonchev–Trinajstić information content (AvgIpc) is 3.20. The van der Waals surface area contributed by atoms with Crippen molar-refractivity contribution in [1.29, 1.82) is 0 Å². The number of pyridine rings is 1. The summed E-state index contributed by atoms with van der Waals surface area (Å²) in [5.74, 6) is -0.383. The third-order valence-electron chi connectivity index (χ3n) is 7.17. The van der Waals surface area contributed by atoms with E-state index in [-0.39, 0.29) is 34.8 Å². The maximum absolute atomic E-state index is 13.5. The molecule has 0 aliphatic heterocycles. The van der Waals surface area contributed by atoms with E-state index in [1.165, 1.54) is 6.07 Å². The SMILES string of the molecule is O=C(N[C@H]1CC[C@H](Cn2c(=O)n(-c3ccc(CO)cc3)c3ccccc32)CC1)c1cc(Cl)cnc1C(F)F. The molecular formula is C28H27ClF2N4O3. The second-order valence-corrected chi connectivity index (χ2v) is 10.1. The Morgan fingerprint density at radius 1 is 1.08 bits per heavy atom. The van der Waals surface area contributed by atoms with E-state index >= 15 is 0 Å². The topological polar surface area (TPSA) is 89.2 Å². The first-order valence-electron chi connectivity index (χ1n) is 12.5. The summed E-state index contributed by atoms with van der Waals surface area (Å²) < 4.78 is 30.1. The molecule has 1 fully saturated rings. The molecule has 2 aromatic heterocycles. The quantitative estimate of drug-likeness (QED) is 0.335. The molecule has 0 unspecified atom stereocenters. The molecule has 38 heavy (non-hydrogen) atoms. The Morgan fingerprint density at radius 2 is 1.76 bits per heavy atom. The minimum Gasteiger partial charge on any atom is -0.392 e. The first-order chi connectivity index (χ1) is 18.4. The van der Waals surface area contributed by atoms with E-state index < -0.39 is 18.0 Å². The van der Waals surface area contributed by atoms with Crippen LogP contribution in [0.3, 0.4) is 0 Å². The molecule has 0 radical (unpaired) electrons. The van der Waals surface area contributed by atoms with Crippen molar-refractivity contribution in [2.75, 3.05) is 0 Å². The zero-order chi connectivity index (χ0) is 26.8. The van der Waals surface area contributed by atoms with Crippen LogP contribution < -0.4 is 11.0 Å². The fourth-order valence-corrected chi connectivity index (χ4v) is 5.36. The van der Waals surface area contributed by atoms with E-state index in [1.807, 2.05) is 36.4 Å². The van der Waals surface area contributed by atoms with Crippen LogP contribution in [0.2, 0.25) is 5.02 Å². The number of benzene rings is 2. The monoisotopic (exact) mass is 540 g/mol. The molecule has 10 heteroatoms. The number of fused-ring (bicyclic) bond motifs is 1. The van der Waals surface area contributed by atoms with Gasteiger partial charge in [-0.3, -0.25) is 18.9 Å². The van der Waals surface area contributed by atoms with Gasteiger partial charge >= 0.3 is 5.69 Å². The summed E-state index contributed by atoms with van der Waals surface area (Å²) in [5, 5.41) is 12.3. The summed E-state index contributed by atoms with van der Waals surface area (Å²) in [5.41, 5.74) is 2.22. The highest BCUT2D eigenvalue weighted by molar-refractivity contribution is 6.30. The van der Waals surface area contributed by atoms with E-state index in [0.29, 0.717) is 19.4 Å². The number of imidazole rings is 1.